The van der Waals surface area contributed by atoms with Gasteiger partial charge in [0.05, 0.1) is 15.9 Å². The maximum Gasteiger partial charge on any atom is 1.00 e. The van der Waals surface area contributed by atoms with Gasteiger partial charge in [-0.1, -0.05) is 6.58 Å². The quantitative estimate of drug-likeness (QED) is 0.219. The molecule has 0 fully saturated rings. The summed E-state index contributed by atoms with van der Waals surface area (Å²) in [5, 5.41) is 0. The number of hydrogen-bond donors (Lipinski definition) is 0. The Labute approximate surface area is 120 Å². The first-order chi connectivity index (χ1) is 5.33. The molecule has 0 aromatic heterocycles. The molecule has 0 amide bonds. The third kappa shape index (κ3) is 10.7. The summed E-state index contributed by atoms with van der Waals surface area (Å²) < 4.78 is 34.4. The van der Waals surface area contributed by atoms with Crippen LogP contribution in [0.3, 0.4) is 0 Å². The normalized spacial score (nSPS) is 10.0. The van der Waals surface area contributed by atoms with E-state index in [9.17, 15) is 17.8 Å². The van der Waals surface area contributed by atoms with Crippen LogP contribution in [0.25, 0.3) is 0 Å². The van der Waals surface area contributed by atoms with E-state index in [0.717, 1.165) is 0 Å². The van der Waals surface area contributed by atoms with Gasteiger partial charge in [0.1, 0.15) is 6.61 Å². The number of carbonyl (C=O) groups is 1. The number of hydrogen-bond acceptors (Lipinski definition) is 5. The maximum atomic E-state index is 10.6. The molecular weight excluding hydrogens is 223 g/mol. The molecule has 0 aliphatic rings. The van der Waals surface area contributed by atoms with E-state index in [-0.39, 0.29) is 57.0 Å². The summed E-state index contributed by atoms with van der Waals surface area (Å²) in [4.78, 5) is 10.6. The van der Waals surface area contributed by atoms with Crippen molar-refractivity contribution in [3.8, 4) is 0 Å². The van der Waals surface area contributed by atoms with E-state index in [1.54, 1.807) is 0 Å². The summed E-state index contributed by atoms with van der Waals surface area (Å²) in [6.45, 7) is 4.27. The van der Waals surface area contributed by atoms with Gasteiger partial charge in [-0.25, -0.2) is 13.2 Å². The molecule has 0 aromatic rings. The van der Waals surface area contributed by atoms with Gasteiger partial charge in [-0.15, -0.1) is 0 Å². The largest absolute Gasteiger partial charge is 1.00 e. The van der Waals surface area contributed by atoms with Gasteiger partial charge in [0, 0.05) is 5.57 Å². The fourth-order valence-electron chi connectivity index (χ4n) is 0.360. The smallest absolute Gasteiger partial charge is 0.748 e. The van der Waals surface area contributed by atoms with E-state index in [1.807, 2.05) is 0 Å². The van der Waals surface area contributed by atoms with Crippen molar-refractivity contribution in [3.05, 3.63) is 12.2 Å². The molecule has 0 bridgehead atoms. The molecule has 0 aliphatic heterocycles. The van der Waals surface area contributed by atoms with Gasteiger partial charge in [0.2, 0.25) is 0 Å². The summed E-state index contributed by atoms with van der Waals surface area (Å²) in [5.41, 5.74) is 0.165. The topological polar surface area (TPSA) is 83.5 Å². The molecule has 0 aromatic carbocycles. The van der Waals surface area contributed by atoms with Crippen molar-refractivity contribution in [3.63, 3.8) is 0 Å². The first-order valence-electron chi connectivity index (χ1n) is 3.09. The Hall–Kier alpha value is 0.756. The zero-order chi connectivity index (χ0) is 9.78. The second-order valence-corrected chi connectivity index (χ2v) is 3.70. The molecule has 0 saturated heterocycles. The zero-order valence-corrected chi connectivity index (χ0v) is 11.5. The van der Waals surface area contributed by atoms with Crippen LogP contribution in [-0.2, 0) is 19.6 Å². The molecule has 13 heavy (non-hydrogen) atoms. The van der Waals surface area contributed by atoms with Crippen molar-refractivity contribution in [2.24, 2.45) is 0 Å². The number of rotatable bonds is 4. The Kier molecular flexibility index (Phi) is 8.85. The summed E-state index contributed by atoms with van der Waals surface area (Å²) in [5.74, 6) is -1.40. The minimum atomic E-state index is -4.30. The summed E-state index contributed by atoms with van der Waals surface area (Å²) >= 11 is 0. The Morgan fingerprint density at radius 1 is 1.54 bits per heavy atom. The Morgan fingerprint density at radius 3 is 2.31 bits per heavy atom. The molecule has 0 saturated carbocycles. The molecule has 0 rings (SSSR count). The second-order valence-electron chi connectivity index (χ2n) is 2.18. The maximum absolute atomic E-state index is 10.6. The van der Waals surface area contributed by atoms with E-state index in [2.05, 4.69) is 11.3 Å². The molecule has 0 aliphatic carbocycles. The monoisotopic (exact) mass is 232 g/mol. The van der Waals surface area contributed by atoms with Crippen LogP contribution in [0.5, 0.6) is 0 Å². The zero-order valence-electron chi connectivity index (χ0n) is 7.57. The average Bonchev–Trinajstić information content (AvgIpc) is 1.84. The van der Waals surface area contributed by atoms with Crippen molar-refractivity contribution in [1.29, 1.82) is 0 Å². The molecular formula is C6H9KO5S. The fourth-order valence-corrected chi connectivity index (χ4v) is 0.647. The van der Waals surface area contributed by atoms with Gasteiger partial charge >= 0.3 is 57.4 Å². The van der Waals surface area contributed by atoms with Crippen molar-refractivity contribution >= 4 is 16.1 Å². The van der Waals surface area contributed by atoms with E-state index >= 15 is 0 Å². The van der Waals surface area contributed by atoms with E-state index in [0.29, 0.717) is 0 Å². The third-order valence-electron chi connectivity index (χ3n) is 0.915. The van der Waals surface area contributed by atoms with Crippen LogP contribution in [0.4, 0.5) is 0 Å². The molecule has 70 valence electrons. The predicted octanol–water partition coefficient (Wildman–Crippen LogP) is -3.35. The van der Waals surface area contributed by atoms with Gasteiger partial charge in [-0.3, -0.25) is 0 Å². The van der Waals surface area contributed by atoms with Crippen molar-refractivity contribution in [2.75, 3.05) is 12.4 Å². The molecule has 0 radical (unpaired) electrons. The molecule has 0 spiro atoms. The van der Waals surface area contributed by atoms with Gasteiger partial charge in [-0.2, -0.15) is 0 Å². The summed E-state index contributed by atoms with van der Waals surface area (Å²) in [6, 6.07) is 0. The van der Waals surface area contributed by atoms with Crippen LogP contribution in [0.2, 0.25) is 0 Å². The number of carbonyl (C=O) groups excluding carboxylic acids is 1. The Balaban J connectivity index is 0. The second kappa shape index (κ2) is 7.10. The molecule has 0 unspecified atom stereocenters. The van der Waals surface area contributed by atoms with Crippen LogP contribution in [-0.4, -0.2) is 31.3 Å². The van der Waals surface area contributed by atoms with E-state index in [1.165, 1.54) is 6.92 Å². The van der Waals surface area contributed by atoms with Gasteiger partial charge in [0.25, 0.3) is 0 Å². The van der Waals surface area contributed by atoms with Crippen LogP contribution in [0.15, 0.2) is 12.2 Å². The van der Waals surface area contributed by atoms with Crippen LogP contribution < -0.4 is 51.4 Å². The minimum absolute atomic E-state index is 0. The van der Waals surface area contributed by atoms with E-state index in [4.69, 9.17) is 0 Å². The molecule has 0 N–H and O–H groups in total. The van der Waals surface area contributed by atoms with Gasteiger partial charge < -0.3 is 9.29 Å². The first-order valence-corrected chi connectivity index (χ1v) is 4.67. The van der Waals surface area contributed by atoms with Crippen molar-refractivity contribution in [2.45, 2.75) is 6.92 Å². The predicted molar refractivity (Wildman–Crippen MR) is 40.3 cm³/mol. The summed E-state index contributed by atoms with van der Waals surface area (Å²) in [6.07, 6.45) is 0. The molecule has 5 nitrogen and oxygen atoms in total. The summed E-state index contributed by atoms with van der Waals surface area (Å²) in [7, 11) is -4.30. The van der Waals surface area contributed by atoms with E-state index < -0.39 is 28.4 Å². The van der Waals surface area contributed by atoms with Crippen LogP contribution >= 0.6 is 0 Å². The molecule has 0 atom stereocenters. The van der Waals surface area contributed by atoms with Gasteiger partial charge in [0.15, 0.2) is 0 Å². The Bertz CT molecular complexity index is 281. The number of esters is 1. The Morgan fingerprint density at radius 2 is 2.00 bits per heavy atom. The van der Waals surface area contributed by atoms with Crippen molar-refractivity contribution in [1.82, 2.24) is 0 Å². The van der Waals surface area contributed by atoms with Crippen LogP contribution in [0, 0.1) is 0 Å². The molecule has 7 heteroatoms. The van der Waals surface area contributed by atoms with Gasteiger partial charge in [-0.05, 0) is 6.92 Å². The SMILES string of the molecule is C=C(C)C(=O)OCCS(=O)(=O)[O-].[K+]. The third-order valence-corrected chi connectivity index (χ3v) is 1.58. The molecule has 0 heterocycles. The first kappa shape index (κ1) is 16.2. The average molecular weight is 232 g/mol. The standard InChI is InChI=1S/C6H10O5S.K/c1-5(2)6(7)11-3-4-12(8,9)10;/h1,3-4H2,2H3,(H,8,9,10);/q;+1/p-1. The number of ether oxygens (including phenoxy) is 1. The van der Waals surface area contributed by atoms with Crippen molar-refractivity contribution < 1.29 is 73.9 Å². The van der Waals surface area contributed by atoms with Crippen LogP contribution in [0.1, 0.15) is 6.92 Å². The fraction of sp³-hybridized carbons (Fsp3) is 0.500. The minimum Gasteiger partial charge on any atom is -0.748 e.